The second-order valence-electron chi connectivity index (χ2n) is 3.84. The Kier molecular flexibility index (Phi) is 2.26. The van der Waals surface area contributed by atoms with Gasteiger partial charge in [-0.05, 0) is 12.1 Å². The van der Waals surface area contributed by atoms with Gasteiger partial charge in [0.15, 0.2) is 5.43 Å². The van der Waals surface area contributed by atoms with E-state index in [1.807, 2.05) is 48.5 Å². The largest absolute Gasteiger partial charge is 0.456 e. The van der Waals surface area contributed by atoms with Crippen molar-refractivity contribution in [2.45, 2.75) is 0 Å². The Morgan fingerprint density at radius 3 is 2.41 bits per heavy atom. The highest BCUT2D eigenvalue weighted by Gasteiger charge is 2.05. The highest BCUT2D eigenvalue weighted by Crippen LogP contribution is 2.21. The van der Waals surface area contributed by atoms with Crippen molar-refractivity contribution in [1.29, 1.82) is 0 Å². The van der Waals surface area contributed by atoms with E-state index in [2.05, 4.69) is 0 Å². The predicted molar refractivity (Wildman–Crippen MR) is 67.9 cm³/mol. The molecule has 3 rings (SSSR count). The summed E-state index contributed by atoms with van der Waals surface area (Å²) in [6.45, 7) is 0. The molecule has 0 saturated heterocycles. The van der Waals surface area contributed by atoms with E-state index < -0.39 is 0 Å². The molecule has 0 aliphatic rings. The van der Waals surface area contributed by atoms with E-state index in [9.17, 15) is 4.79 Å². The van der Waals surface area contributed by atoms with Crippen molar-refractivity contribution >= 4 is 11.0 Å². The molecule has 0 N–H and O–H groups in total. The summed E-state index contributed by atoms with van der Waals surface area (Å²) in [5.74, 6) is 0.606. The van der Waals surface area contributed by atoms with Gasteiger partial charge in [-0.25, -0.2) is 0 Å². The van der Waals surface area contributed by atoms with Crippen LogP contribution in [-0.4, -0.2) is 0 Å². The van der Waals surface area contributed by atoms with Crippen molar-refractivity contribution in [2.24, 2.45) is 0 Å². The fourth-order valence-electron chi connectivity index (χ4n) is 1.85. The molecule has 0 amide bonds. The molecule has 2 heteroatoms. The van der Waals surface area contributed by atoms with Crippen molar-refractivity contribution < 1.29 is 4.42 Å². The number of hydrogen-bond acceptors (Lipinski definition) is 2. The Morgan fingerprint density at radius 1 is 0.882 bits per heavy atom. The lowest BCUT2D eigenvalue weighted by Crippen LogP contribution is -1.99. The third-order valence-corrected chi connectivity index (χ3v) is 2.69. The minimum atomic E-state index is -0.00861. The third-order valence-electron chi connectivity index (χ3n) is 2.69. The molecule has 0 atom stereocenters. The number of benzene rings is 2. The van der Waals surface area contributed by atoms with Crippen molar-refractivity contribution in [3.63, 3.8) is 0 Å². The summed E-state index contributed by atoms with van der Waals surface area (Å²) in [5, 5.41) is 0.618. The number of rotatable bonds is 1. The molecule has 0 saturated carbocycles. The van der Waals surface area contributed by atoms with Gasteiger partial charge in [-0.15, -0.1) is 0 Å². The maximum absolute atomic E-state index is 11.9. The molecule has 17 heavy (non-hydrogen) atoms. The summed E-state index contributed by atoms with van der Waals surface area (Å²) < 4.78 is 5.73. The minimum absolute atomic E-state index is 0.00861. The molecule has 82 valence electrons. The van der Waals surface area contributed by atoms with E-state index in [0.717, 1.165) is 5.56 Å². The fourth-order valence-corrected chi connectivity index (χ4v) is 1.85. The van der Waals surface area contributed by atoms with Crippen LogP contribution in [0.2, 0.25) is 0 Å². The van der Waals surface area contributed by atoms with Crippen LogP contribution >= 0.6 is 0 Å². The van der Waals surface area contributed by atoms with Crippen LogP contribution in [0.3, 0.4) is 0 Å². The van der Waals surface area contributed by atoms with Crippen molar-refractivity contribution in [1.82, 2.24) is 0 Å². The Hall–Kier alpha value is -2.35. The van der Waals surface area contributed by atoms with Gasteiger partial charge in [0.05, 0.1) is 5.39 Å². The molecule has 3 aromatic rings. The van der Waals surface area contributed by atoms with E-state index in [-0.39, 0.29) is 5.43 Å². The molecule has 0 bridgehead atoms. The lowest BCUT2D eigenvalue weighted by molar-refractivity contribution is 0.619. The van der Waals surface area contributed by atoms with E-state index >= 15 is 0 Å². The Bertz CT molecular complexity index is 712. The van der Waals surface area contributed by atoms with Crippen LogP contribution < -0.4 is 5.43 Å². The van der Waals surface area contributed by atoms with Gasteiger partial charge in [0, 0.05) is 11.6 Å². The Labute approximate surface area is 98.1 Å². The van der Waals surface area contributed by atoms with Gasteiger partial charge in [-0.3, -0.25) is 4.79 Å². The first-order valence-electron chi connectivity index (χ1n) is 5.43. The van der Waals surface area contributed by atoms with E-state index in [4.69, 9.17) is 4.42 Å². The van der Waals surface area contributed by atoms with Gasteiger partial charge in [0.1, 0.15) is 11.3 Å². The van der Waals surface area contributed by atoms with E-state index in [0.29, 0.717) is 16.7 Å². The molecule has 0 fully saturated rings. The fraction of sp³-hybridized carbons (Fsp3) is 0. The normalized spacial score (nSPS) is 10.6. The average Bonchev–Trinajstić information content (AvgIpc) is 2.40. The third kappa shape index (κ3) is 1.74. The summed E-state index contributed by atoms with van der Waals surface area (Å²) in [5.41, 5.74) is 1.53. The molecule has 1 heterocycles. The first kappa shape index (κ1) is 9.85. The van der Waals surface area contributed by atoms with Gasteiger partial charge < -0.3 is 4.42 Å². The van der Waals surface area contributed by atoms with Gasteiger partial charge in [-0.1, -0.05) is 42.5 Å². The molecule has 0 spiro atoms. The second-order valence-corrected chi connectivity index (χ2v) is 3.84. The van der Waals surface area contributed by atoms with Crippen LogP contribution in [0.5, 0.6) is 0 Å². The Balaban J connectivity index is 2.30. The summed E-state index contributed by atoms with van der Waals surface area (Å²) in [7, 11) is 0. The van der Waals surface area contributed by atoms with E-state index in [1.54, 1.807) is 6.07 Å². The quantitative estimate of drug-likeness (QED) is 0.633. The number of hydrogen-bond donors (Lipinski definition) is 0. The molecule has 0 aliphatic heterocycles. The monoisotopic (exact) mass is 224 g/mol. The van der Waals surface area contributed by atoms with Crippen LogP contribution in [-0.2, 0) is 0 Å². The standard InChI is InChI=1S/C15H10O2/c16-13-10-15(11-6-2-1-3-7-11)17-14-9-5-4-8-12(13)14/h1-10H/i15+2. The Morgan fingerprint density at radius 2 is 1.59 bits per heavy atom. The molecule has 0 unspecified atom stereocenters. The number of fused-ring (bicyclic) bond motifs is 1. The first-order valence-corrected chi connectivity index (χ1v) is 5.43. The first-order chi connectivity index (χ1) is 8.34. The van der Waals surface area contributed by atoms with Gasteiger partial charge in [-0.2, -0.15) is 0 Å². The molecule has 0 aliphatic carbocycles. The lowest BCUT2D eigenvalue weighted by Gasteiger charge is -2.02. The maximum Gasteiger partial charge on any atom is 0.193 e. The number of para-hydroxylation sites is 1. The van der Waals surface area contributed by atoms with Gasteiger partial charge in [0.2, 0.25) is 0 Å². The van der Waals surface area contributed by atoms with Crippen LogP contribution in [0.15, 0.2) is 69.9 Å². The summed E-state index contributed by atoms with van der Waals surface area (Å²) in [6.07, 6.45) is 0. The molecule has 2 nitrogen and oxygen atoms in total. The summed E-state index contributed by atoms with van der Waals surface area (Å²) in [6, 6.07) is 18.4. The maximum atomic E-state index is 11.9. The highest BCUT2D eigenvalue weighted by molar-refractivity contribution is 5.78. The highest BCUT2D eigenvalue weighted by atomic mass is 16.5. The van der Waals surface area contributed by atoms with Gasteiger partial charge >= 0.3 is 0 Å². The van der Waals surface area contributed by atoms with Crippen LogP contribution in [0, 0.1) is 0 Å². The van der Waals surface area contributed by atoms with Crippen LogP contribution in [0.25, 0.3) is 22.3 Å². The summed E-state index contributed by atoms with van der Waals surface area (Å²) in [4.78, 5) is 11.9. The smallest absolute Gasteiger partial charge is 0.193 e. The second kappa shape index (κ2) is 3.91. The zero-order valence-electron chi connectivity index (χ0n) is 9.09. The lowest BCUT2D eigenvalue weighted by atomic mass is 10.2. The van der Waals surface area contributed by atoms with Gasteiger partial charge in [0.25, 0.3) is 0 Å². The zero-order chi connectivity index (χ0) is 11.7. The van der Waals surface area contributed by atoms with Crippen molar-refractivity contribution in [3.05, 3.63) is 70.9 Å². The average molecular weight is 224 g/mol. The molecule has 0 radical (unpaired) electrons. The minimum Gasteiger partial charge on any atom is -0.456 e. The topological polar surface area (TPSA) is 30.2 Å². The van der Waals surface area contributed by atoms with Crippen molar-refractivity contribution in [3.8, 4) is 11.3 Å². The van der Waals surface area contributed by atoms with Crippen molar-refractivity contribution in [2.75, 3.05) is 0 Å². The molecular formula is C15H10O2. The van der Waals surface area contributed by atoms with Crippen LogP contribution in [0.1, 0.15) is 0 Å². The summed E-state index contributed by atoms with van der Waals surface area (Å²) >= 11 is 0. The predicted octanol–water partition coefficient (Wildman–Crippen LogP) is 3.46. The molecule has 2 aromatic carbocycles. The van der Waals surface area contributed by atoms with E-state index in [1.165, 1.54) is 6.07 Å². The van der Waals surface area contributed by atoms with Crippen LogP contribution in [0.4, 0.5) is 0 Å². The zero-order valence-corrected chi connectivity index (χ0v) is 9.09. The SMILES string of the molecule is O=c1c[14c](-c2ccccc2)oc2ccccc12. The molecule has 1 aromatic heterocycles. The molecular weight excluding hydrogens is 214 g/mol.